The third kappa shape index (κ3) is 10.1. The number of hydrogen-bond acceptors (Lipinski definition) is 4. The van der Waals surface area contributed by atoms with Crippen molar-refractivity contribution in [3.05, 3.63) is 388 Å². The first kappa shape index (κ1) is 61.2. The highest BCUT2D eigenvalue weighted by molar-refractivity contribution is 6.26. The average molecular weight is 1370 g/mol. The molecule has 0 fully saturated rings. The molecule has 0 atom stereocenters. The van der Waals surface area contributed by atoms with Gasteiger partial charge < -0.3 is 18.6 Å². The third-order valence-corrected chi connectivity index (χ3v) is 22.5. The van der Waals surface area contributed by atoms with E-state index in [1.54, 1.807) is 0 Å². The molecule has 2 heterocycles. The molecule has 22 aromatic rings. The lowest BCUT2D eigenvalue weighted by Gasteiger charge is -2.27. The summed E-state index contributed by atoms with van der Waals surface area (Å²) in [6.07, 6.45) is 0. The number of benzene rings is 20. The number of fused-ring (bicyclic) bond motifs is 18. The quantitative estimate of drug-likeness (QED) is 0.121. The average Bonchev–Trinajstić information content (AvgIpc) is 1.68. The smallest absolute Gasteiger partial charge is 0.136 e. The van der Waals surface area contributed by atoms with Crippen LogP contribution in [-0.4, -0.2) is 0 Å². The van der Waals surface area contributed by atoms with Crippen molar-refractivity contribution in [2.75, 3.05) is 9.80 Å². The molecule has 0 radical (unpaired) electrons. The van der Waals surface area contributed by atoms with Crippen LogP contribution in [0.4, 0.5) is 34.1 Å². The summed E-state index contributed by atoms with van der Waals surface area (Å²) in [6, 6.07) is 142. The zero-order valence-corrected chi connectivity index (χ0v) is 58.7. The molecule has 4 heteroatoms. The molecule has 20 aromatic carbocycles. The molecule has 0 bridgehead atoms. The lowest BCUT2D eigenvalue weighted by molar-refractivity contribution is 0.669. The fourth-order valence-corrected chi connectivity index (χ4v) is 17.3. The van der Waals surface area contributed by atoms with Crippen LogP contribution in [0.3, 0.4) is 0 Å². The molecule has 0 saturated carbocycles. The lowest BCUT2D eigenvalue weighted by atomic mass is 9.88. The van der Waals surface area contributed by atoms with Crippen LogP contribution in [0.1, 0.15) is 0 Å². The molecule has 0 spiro atoms. The molecular weight excluding hydrogens is 1310 g/mol. The van der Waals surface area contributed by atoms with Gasteiger partial charge in [0.15, 0.2) is 0 Å². The summed E-state index contributed by atoms with van der Waals surface area (Å²) in [5, 5.41) is 23.7. The Kier molecular flexibility index (Phi) is 14.0. The lowest BCUT2D eigenvalue weighted by Crippen LogP contribution is -2.10. The minimum Gasteiger partial charge on any atom is -0.456 e. The van der Waals surface area contributed by atoms with E-state index in [0.29, 0.717) is 0 Å². The Balaban J connectivity index is 0.657. The molecule has 0 N–H and O–H groups in total. The predicted octanol–water partition coefficient (Wildman–Crippen LogP) is 30.0. The van der Waals surface area contributed by atoms with Crippen molar-refractivity contribution < 1.29 is 8.83 Å². The van der Waals surface area contributed by atoms with Crippen molar-refractivity contribution in [2.24, 2.45) is 0 Å². The molecular formula is C104H64N2O2. The normalized spacial score (nSPS) is 11.9. The van der Waals surface area contributed by atoms with Crippen LogP contribution < -0.4 is 9.80 Å². The molecule has 4 nitrogen and oxygen atoms in total. The number of anilines is 6. The van der Waals surface area contributed by atoms with E-state index in [9.17, 15) is 0 Å². The van der Waals surface area contributed by atoms with Crippen LogP contribution in [-0.2, 0) is 0 Å². The van der Waals surface area contributed by atoms with Crippen LogP contribution in [0.5, 0.6) is 0 Å². The van der Waals surface area contributed by atoms with E-state index in [0.717, 1.165) is 138 Å². The van der Waals surface area contributed by atoms with Gasteiger partial charge in [-0.15, -0.1) is 0 Å². The molecule has 22 rings (SSSR count). The first-order chi connectivity index (χ1) is 53.5. The van der Waals surface area contributed by atoms with Gasteiger partial charge in [0.1, 0.15) is 22.3 Å². The SMILES string of the molecule is c1ccc(-c2cccc(N(c3ccc(-c4cccc5c4ccc4ccc6ccccc6c45)cc3)c3ccc4cc5oc6cc(-c7cc(-c8ccc(N(c9cccc(-c%10ccccc%10)c9)c9cccc%10cc%11oc%12ccccc%12c%11cc9%10)cc8)c8c(ccc9ccc%10ccccc%10c98)c7)ccc6c5cc4c3)c2)cc1. The van der Waals surface area contributed by atoms with E-state index in [1.165, 1.54) is 81.3 Å². The molecule has 0 aliphatic rings. The minimum atomic E-state index is 0.840. The van der Waals surface area contributed by atoms with Gasteiger partial charge in [-0.3, -0.25) is 0 Å². The Morgan fingerprint density at radius 1 is 0.157 bits per heavy atom. The molecule has 108 heavy (non-hydrogen) atoms. The summed E-state index contributed by atoms with van der Waals surface area (Å²) in [5.41, 5.74) is 21.3. The summed E-state index contributed by atoms with van der Waals surface area (Å²) in [6.45, 7) is 0. The van der Waals surface area contributed by atoms with E-state index >= 15 is 0 Å². The van der Waals surface area contributed by atoms with E-state index in [4.69, 9.17) is 8.83 Å². The van der Waals surface area contributed by atoms with Crippen molar-refractivity contribution in [3.8, 4) is 55.6 Å². The van der Waals surface area contributed by atoms with Crippen molar-refractivity contribution in [3.63, 3.8) is 0 Å². The van der Waals surface area contributed by atoms with Gasteiger partial charge in [-0.25, -0.2) is 0 Å². The van der Waals surface area contributed by atoms with E-state index < -0.39 is 0 Å². The maximum Gasteiger partial charge on any atom is 0.136 e. The second-order valence-electron chi connectivity index (χ2n) is 28.7. The van der Waals surface area contributed by atoms with E-state index in [2.05, 4.69) is 392 Å². The summed E-state index contributed by atoms with van der Waals surface area (Å²) < 4.78 is 13.5. The van der Waals surface area contributed by atoms with Gasteiger partial charge in [-0.1, -0.05) is 267 Å². The summed E-state index contributed by atoms with van der Waals surface area (Å²) in [5.74, 6) is 0. The van der Waals surface area contributed by atoms with Gasteiger partial charge in [0.05, 0.1) is 5.69 Å². The van der Waals surface area contributed by atoms with Gasteiger partial charge in [0.25, 0.3) is 0 Å². The first-order valence-electron chi connectivity index (χ1n) is 37.1. The van der Waals surface area contributed by atoms with Crippen molar-refractivity contribution in [2.45, 2.75) is 0 Å². The first-order valence-corrected chi connectivity index (χ1v) is 37.1. The Morgan fingerprint density at radius 2 is 0.630 bits per heavy atom. The Bertz CT molecular complexity index is 7420. The summed E-state index contributed by atoms with van der Waals surface area (Å²) in [4.78, 5) is 4.82. The molecule has 2 aromatic heterocycles. The molecule has 0 amide bonds. The Hall–Kier alpha value is -14.3. The number of rotatable bonds is 11. The third-order valence-electron chi connectivity index (χ3n) is 22.5. The largest absolute Gasteiger partial charge is 0.456 e. The second kappa shape index (κ2) is 24.7. The van der Waals surface area contributed by atoms with Crippen LogP contribution in [0.25, 0.3) is 186 Å². The molecule has 0 unspecified atom stereocenters. The van der Waals surface area contributed by atoms with E-state index in [1.807, 2.05) is 6.07 Å². The summed E-state index contributed by atoms with van der Waals surface area (Å²) >= 11 is 0. The highest BCUT2D eigenvalue weighted by Crippen LogP contribution is 2.48. The Morgan fingerprint density at radius 3 is 1.36 bits per heavy atom. The summed E-state index contributed by atoms with van der Waals surface area (Å²) in [7, 11) is 0. The molecule has 0 saturated heterocycles. The van der Waals surface area contributed by atoms with Gasteiger partial charge >= 0.3 is 0 Å². The maximum absolute atomic E-state index is 7.00. The molecule has 0 aliphatic heterocycles. The monoisotopic (exact) mass is 1370 g/mol. The number of nitrogens with zero attached hydrogens (tertiary/aromatic N) is 2. The zero-order chi connectivity index (χ0) is 70.9. The minimum absolute atomic E-state index is 0.840. The highest BCUT2D eigenvalue weighted by atomic mass is 16.3. The molecule has 0 aliphatic carbocycles. The predicted molar refractivity (Wildman–Crippen MR) is 458 cm³/mol. The van der Waals surface area contributed by atoms with Crippen molar-refractivity contribution in [1.29, 1.82) is 0 Å². The maximum atomic E-state index is 7.00. The Labute approximate surface area is 622 Å². The number of hydrogen-bond donors (Lipinski definition) is 0. The topological polar surface area (TPSA) is 32.8 Å². The van der Waals surface area contributed by atoms with Crippen molar-refractivity contribution >= 4 is 164 Å². The van der Waals surface area contributed by atoms with Gasteiger partial charge in [-0.2, -0.15) is 0 Å². The fraction of sp³-hybridized carbons (Fsp3) is 0. The van der Waals surface area contributed by atoms with Crippen LogP contribution in [0.15, 0.2) is 397 Å². The van der Waals surface area contributed by atoms with Gasteiger partial charge in [0.2, 0.25) is 0 Å². The second-order valence-corrected chi connectivity index (χ2v) is 28.7. The fourth-order valence-electron chi connectivity index (χ4n) is 17.3. The zero-order valence-electron chi connectivity index (χ0n) is 58.7. The van der Waals surface area contributed by atoms with E-state index in [-0.39, 0.29) is 0 Å². The standard InChI is InChI=1S/C104H64N2O2/c1-3-17-65(18-4-1)73-23-13-26-83(56-73)105(81-48-41-69(42-49-81)86-31-16-32-92-89(86)53-46-71-37-35-67-21-7-9-28-87(67)102(71)92)85-52-45-75-62-100-95(60-80(75)58-85)91-54-47-76(61-99(91)108-100)79-55-78-40-39-72-38-36-68-22-8-10-29-88(68)103(72)104(78)94(59-79)70-43-50-82(51-44-70)106(84-27-14-24-74(57-84)66-19-5-2-6-20-66)97-33-15-25-77-63-101-96(64-93(77)97)90-30-11-12-34-98(90)107-101/h1-64H. The number of para-hydroxylation sites is 1. The van der Waals surface area contributed by atoms with Crippen LogP contribution in [0, 0.1) is 0 Å². The highest BCUT2D eigenvalue weighted by Gasteiger charge is 2.23. The van der Waals surface area contributed by atoms with Gasteiger partial charge in [0, 0.05) is 55.4 Å². The van der Waals surface area contributed by atoms with Crippen molar-refractivity contribution in [1.82, 2.24) is 0 Å². The van der Waals surface area contributed by atoms with Crippen LogP contribution in [0.2, 0.25) is 0 Å². The number of furan rings is 2. The van der Waals surface area contributed by atoms with Crippen LogP contribution >= 0.6 is 0 Å². The molecule has 502 valence electrons. The van der Waals surface area contributed by atoms with Gasteiger partial charge in [-0.05, 0) is 258 Å².